The van der Waals surface area contributed by atoms with E-state index in [1.807, 2.05) is 12.1 Å². The number of hydrogen-bond acceptors (Lipinski definition) is 3. The average Bonchev–Trinajstić information content (AvgIpc) is 2.38. The minimum Gasteiger partial charge on any atom is -0.493 e. The fourth-order valence-electron chi connectivity index (χ4n) is 2.26. The summed E-state index contributed by atoms with van der Waals surface area (Å²) in [5.41, 5.74) is 3.44. The molecular formula is C14H15NO2. The van der Waals surface area contributed by atoms with Crippen LogP contribution in [0.5, 0.6) is 11.5 Å². The van der Waals surface area contributed by atoms with Crippen molar-refractivity contribution < 1.29 is 9.47 Å². The molecule has 17 heavy (non-hydrogen) atoms. The van der Waals surface area contributed by atoms with Crippen molar-refractivity contribution >= 4 is 5.57 Å². The maximum atomic E-state index is 8.79. The van der Waals surface area contributed by atoms with E-state index in [2.05, 4.69) is 6.07 Å². The summed E-state index contributed by atoms with van der Waals surface area (Å²) in [6.45, 7) is 0. The standard InChI is InChI=1S/C14H15NO2/c1-16-13-8-11-5-3-4-10(6-7-15)12(11)9-14(13)17-2/h6,8-9H,3-5H2,1-2H3. The second kappa shape index (κ2) is 4.92. The first-order valence-corrected chi connectivity index (χ1v) is 5.64. The summed E-state index contributed by atoms with van der Waals surface area (Å²) in [6.07, 6.45) is 4.69. The van der Waals surface area contributed by atoms with E-state index in [0.29, 0.717) is 0 Å². The molecule has 0 saturated carbocycles. The zero-order valence-electron chi connectivity index (χ0n) is 10.1. The Morgan fingerprint density at radius 3 is 2.53 bits per heavy atom. The van der Waals surface area contributed by atoms with Crippen LogP contribution in [-0.2, 0) is 6.42 Å². The highest BCUT2D eigenvalue weighted by molar-refractivity contribution is 5.74. The molecule has 0 aromatic heterocycles. The van der Waals surface area contributed by atoms with Gasteiger partial charge in [-0.15, -0.1) is 0 Å². The predicted molar refractivity (Wildman–Crippen MR) is 66.1 cm³/mol. The molecule has 0 saturated heterocycles. The summed E-state index contributed by atoms with van der Waals surface area (Å²) >= 11 is 0. The third kappa shape index (κ3) is 2.12. The van der Waals surface area contributed by atoms with Crippen molar-refractivity contribution in [1.29, 1.82) is 5.26 Å². The molecule has 3 heteroatoms. The summed E-state index contributed by atoms with van der Waals surface area (Å²) in [5, 5.41) is 8.79. The first kappa shape index (κ1) is 11.5. The van der Waals surface area contributed by atoms with Crippen LogP contribution in [0.25, 0.3) is 5.57 Å². The van der Waals surface area contributed by atoms with Gasteiger partial charge < -0.3 is 9.47 Å². The lowest BCUT2D eigenvalue weighted by Crippen LogP contribution is -2.03. The van der Waals surface area contributed by atoms with E-state index in [-0.39, 0.29) is 0 Å². The highest BCUT2D eigenvalue weighted by Crippen LogP contribution is 2.38. The minimum absolute atomic E-state index is 0.719. The lowest BCUT2D eigenvalue weighted by Gasteiger charge is -2.20. The number of benzene rings is 1. The summed E-state index contributed by atoms with van der Waals surface area (Å²) in [6, 6.07) is 6.09. The molecule has 1 aromatic carbocycles. The summed E-state index contributed by atoms with van der Waals surface area (Å²) in [4.78, 5) is 0. The molecule has 0 unspecified atom stereocenters. The fourth-order valence-corrected chi connectivity index (χ4v) is 2.26. The molecule has 0 heterocycles. The molecule has 0 atom stereocenters. The monoisotopic (exact) mass is 229 g/mol. The van der Waals surface area contributed by atoms with E-state index < -0.39 is 0 Å². The average molecular weight is 229 g/mol. The maximum absolute atomic E-state index is 8.79. The van der Waals surface area contributed by atoms with Crippen molar-refractivity contribution in [1.82, 2.24) is 0 Å². The van der Waals surface area contributed by atoms with Gasteiger partial charge in [0, 0.05) is 6.08 Å². The van der Waals surface area contributed by atoms with Gasteiger partial charge in [0.15, 0.2) is 11.5 Å². The molecule has 1 aromatic rings. The van der Waals surface area contributed by atoms with Crippen LogP contribution < -0.4 is 9.47 Å². The minimum atomic E-state index is 0.719. The number of nitriles is 1. The van der Waals surface area contributed by atoms with Crippen molar-refractivity contribution in [3.63, 3.8) is 0 Å². The fraction of sp³-hybridized carbons (Fsp3) is 0.357. The molecule has 0 N–H and O–H groups in total. The second-order valence-corrected chi connectivity index (χ2v) is 4.02. The number of ether oxygens (including phenoxy) is 2. The van der Waals surface area contributed by atoms with E-state index in [0.717, 1.165) is 41.9 Å². The Bertz CT molecular complexity index is 498. The zero-order valence-corrected chi connectivity index (χ0v) is 10.1. The van der Waals surface area contributed by atoms with E-state index in [1.54, 1.807) is 20.3 Å². The van der Waals surface area contributed by atoms with Crippen LogP contribution in [-0.4, -0.2) is 14.2 Å². The molecule has 1 aliphatic carbocycles. The third-order valence-electron chi connectivity index (χ3n) is 3.09. The normalized spacial score (nSPS) is 16.2. The number of methoxy groups -OCH3 is 2. The molecule has 3 nitrogen and oxygen atoms in total. The van der Waals surface area contributed by atoms with Crippen LogP contribution >= 0.6 is 0 Å². The molecule has 88 valence electrons. The molecule has 0 fully saturated rings. The Kier molecular flexibility index (Phi) is 3.34. The quantitative estimate of drug-likeness (QED) is 0.732. The molecule has 0 bridgehead atoms. The van der Waals surface area contributed by atoms with Gasteiger partial charge in [-0.3, -0.25) is 0 Å². The number of fused-ring (bicyclic) bond motifs is 1. The third-order valence-corrected chi connectivity index (χ3v) is 3.09. The van der Waals surface area contributed by atoms with Gasteiger partial charge in [0.05, 0.1) is 20.3 Å². The van der Waals surface area contributed by atoms with Crippen LogP contribution in [0.1, 0.15) is 24.0 Å². The van der Waals surface area contributed by atoms with Gasteiger partial charge in [-0.25, -0.2) is 0 Å². The largest absolute Gasteiger partial charge is 0.493 e. The number of hydrogen-bond donors (Lipinski definition) is 0. The lowest BCUT2D eigenvalue weighted by atomic mass is 9.87. The SMILES string of the molecule is COc1cc2c(cc1OC)C(=CC#N)CCC2. The molecular weight excluding hydrogens is 214 g/mol. The summed E-state index contributed by atoms with van der Waals surface area (Å²) in [7, 11) is 3.26. The van der Waals surface area contributed by atoms with Crippen molar-refractivity contribution in [3.8, 4) is 17.6 Å². The van der Waals surface area contributed by atoms with Crippen LogP contribution in [0, 0.1) is 11.3 Å². The van der Waals surface area contributed by atoms with Gasteiger partial charge in [-0.1, -0.05) is 0 Å². The Morgan fingerprint density at radius 1 is 1.18 bits per heavy atom. The van der Waals surface area contributed by atoms with Crippen molar-refractivity contribution in [3.05, 3.63) is 29.3 Å². The number of nitrogens with zero attached hydrogens (tertiary/aromatic N) is 1. The molecule has 0 amide bonds. The van der Waals surface area contributed by atoms with Crippen molar-refractivity contribution in [2.24, 2.45) is 0 Å². The van der Waals surface area contributed by atoms with Crippen LogP contribution in [0.3, 0.4) is 0 Å². The van der Waals surface area contributed by atoms with Gasteiger partial charge in [-0.05, 0) is 48.1 Å². The Hall–Kier alpha value is -1.95. The highest BCUT2D eigenvalue weighted by Gasteiger charge is 2.17. The smallest absolute Gasteiger partial charge is 0.161 e. The zero-order chi connectivity index (χ0) is 12.3. The Labute approximate surface area is 101 Å². The van der Waals surface area contributed by atoms with Crippen molar-refractivity contribution in [2.75, 3.05) is 14.2 Å². The second-order valence-electron chi connectivity index (χ2n) is 4.02. The van der Waals surface area contributed by atoms with Crippen LogP contribution in [0.4, 0.5) is 0 Å². The van der Waals surface area contributed by atoms with Gasteiger partial charge in [0.25, 0.3) is 0 Å². The maximum Gasteiger partial charge on any atom is 0.161 e. The number of rotatable bonds is 2. The van der Waals surface area contributed by atoms with Gasteiger partial charge in [-0.2, -0.15) is 5.26 Å². The van der Waals surface area contributed by atoms with Gasteiger partial charge in [0.2, 0.25) is 0 Å². The first-order valence-electron chi connectivity index (χ1n) is 5.64. The van der Waals surface area contributed by atoms with Gasteiger partial charge in [0.1, 0.15) is 0 Å². The molecule has 2 rings (SSSR count). The molecule has 1 aliphatic rings. The first-order chi connectivity index (χ1) is 8.30. The van der Waals surface area contributed by atoms with E-state index in [1.165, 1.54) is 5.56 Å². The van der Waals surface area contributed by atoms with Crippen LogP contribution in [0.15, 0.2) is 18.2 Å². The summed E-state index contributed by atoms with van der Waals surface area (Å²) in [5.74, 6) is 1.47. The van der Waals surface area contributed by atoms with Crippen LogP contribution in [0.2, 0.25) is 0 Å². The van der Waals surface area contributed by atoms with E-state index in [4.69, 9.17) is 14.7 Å². The highest BCUT2D eigenvalue weighted by atomic mass is 16.5. The van der Waals surface area contributed by atoms with E-state index in [9.17, 15) is 0 Å². The summed E-state index contributed by atoms with van der Waals surface area (Å²) < 4.78 is 10.6. The molecule has 0 radical (unpaired) electrons. The molecule has 0 spiro atoms. The number of allylic oxidation sites excluding steroid dienone is 2. The predicted octanol–water partition coefficient (Wildman–Crippen LogP) is 2.95. The Balaban J connectivity index is 2.55. The topological polar surface area (TPSA) is 42.2 Å². The Morgan fingerprint density at radius 2 is 1.88 bits per heavy atom. The van der Waals surface area contributed by atoms with E-state index >= 15 is 0 Å². The van der Waals surface area contributed by atoms with Crippen molar-refractivity contribution in [2.45, 2.75) is 19.3 Å². The molecule has 0 aliphatic heterocycles. The van der Waals surface area contributed by atoms with Gasteiger partial charge >= 0.3 is 0 Å². The lowest BCUT2D eigenvalue weighted by molar-refractivity contribution is 0.354. The number of aryl methyl sites for hydroxylation is 1.